The number of carbonyl (C=O) groups is 1. The topological polar surface area (TPSA) is 84.9 Å². The fourth-order valence-corrected chi connectivity index (χ4v) is 1.49. The van der Waals surface area contributed by atoms with E-state index in [1.165, 1.54) is 0 Å². The Labute approximate surface area is 96.2 Å². The molecule has 0 spiro atoms. The van der Waals surface area contributed by atoms with Crippen LogP contribution in [0, 0.1) is 5.92 Å². The molecule has 0 aliphatic carbocycles. The minimum absolute atomic E-state index is 0.0406. The summed E-state index contributed by atoms with van der Waals surface area (Å²) in [6, 6.07) is 0. The van der Waals surface area contributed by atoms with Gasteiger partial charge in [-0.3, -0.25) is 9.36 Å². The molecule has 0 fully saturated rings. The lowest BCUT2D eigenvalue weighted by Crippen LogP contribution is -2.28. The van der Waals surface area contributed by atoms with Crippen molar-refractivity contribution >= 4 is 14.2 Å². The molecule has 6 nitrogen and oxygen atoms in total. The number of amides is 1. The van der Waals surface area contributed by atoms with Crippen LogP contribution in [0.1, 0.15) is 33.1 Å². The first-order valence-corrected chi connectivity index (χ1v) is 6.61. The molecular formula is C9H20NO5P. The molecule has 96 valence electrons. The SMILES string of the molecule is CCCC(C)CC(=O)NCCOO[PH](=O)O. The molecule has 1 amide bonds. The smallest absolute Gasteiger partial charge is 0.344 e. The van der Waals surface area contributed by atoms with Gasteiger partial charge in [0.1, 0.15) is 6.61 Å². The van der Waals surface area contributed by atoms with Gasteiger partial charge in [-0.05, 0) is 5.92 Å². The second-order valence-electron chi connectivity index (χ2n) is 3.62. The maximum Gasteiger partial charge on any atom is 0.344 e. The standard InChI is InChI=1S/C9H20NO5P/c1-3-4-8(2)7-9(11)10-5-6-14-15-16(12)13/h8,16H,3-7H2,1-2H3,(H,10,11)(H,12,13). The summed E-state index contributed by atoms with van der Waals surface area (Å²) in [7, 11) is -3.05. The van der Waals surface area contributed by atoms with Gasteiger partial charge in [0, 0.05) is 13.0 Å². The molecule has 16 heavy (non-hydrogen) atoms. The molecule has 0 radical (unpaired) electrons. The van der Waals surface area contributed by atoms with Gasteiger partial charge < -0.3 is 10.2 Å². The Hall–Kier alpha value is -0.420. The van der Waals surface area contributed by atoms with Gasteiger partial charge in [0.15, 0.2) is 0 Å². The molecule has 0 aromatic carbocycles. The van der Waals surface area contributed by atoms with E-state index in [1.807, 2.05) is 6.92 Å². The highest BCUT2D eigenvalue weighted by atomic mass is 31.1. The third kappa shape index (κ3) is 10.1. The number of hydrogen-bond donors (Lipinski definition) is 2. The van der Waals surface area contributed by atoms with Crippen molar-refractivity contribution in [1.29, 1.82) is 0 Å². The van der Waals surface area contributed by atoms with Gasteiger partial charge >= 0.3 is 8.25 Å². The van der Waals surface area contributed by atoms with E-state index in [2.05, 4.69) is 21.8 Å². The van der Waals surface area contributed by atoms with Crippen LogP contribution in [-0.2, 0) is 18.9 Å². The summed E-state index contributed by atoms with van der Waals surface area (Å²) in [5, 5.41) is 2.63. The molecule has 2 N–H and O–H groups in total. The Balaban J connectivity index is 3.40. The molecule has 0 aromatic rings. The largest absolute Gasteiger partial charge is 0.354 e. The molecule has 0 bridgehead atoms. The quantitative estimate of drug-likeness (QED) is 0.279. The zero-order chi connectivity index (χ0) is 12.4. The van der Waals surface area contributed by atoms with Crippen LogP contribution in [0.2, 0.25) is 0 Å². The van der Waals surface area contributed by atoms with E-state index in [4.69, 9.17) is 4.89 Å². The number of carbonyl (C=O) groups excluding carboxylic acids is 1. The molecule has 0 heterocycles. The van der Waals surface area contributed by atoms with Gasteiger partial charge in [0.2, 0.25) is 5.91 Å². The first-order valence-electron chi connectivity index (χ1n) is 5.35. The van der Waals surface area contributed by atoms with Crippen molar-refractivity contribution in [2.24, 2.45) is 5.92 Å². The molecule has 0 aliphatic rings. The average Bonchev–Trinajstić information content (AvgIpc) is 2.16. The first kappa shape index (κ1) is 15.6. The lowest BCUT2D eigenvalue weighted by atomic mass is 10.0. The monoisotopic (exact) mass is 253 g/mol. The molecule has 0 aliphatic heterocycles. The fraction of sp³-hybridized carbons (Fsp3) is 0.889. The molecule has 2 unspecified atom stereocenters. The van der Waals surface area contributed by atoms with E-state index in [0.29, 0.717) is 12.3 Å². The minimum Gasteiger partial charge on any atom is -0.354 e. The van der Waals surface area contributed by atoms with Crippen molar-refractivity contribution in [2.75, 3.05) is 13.2 Å². The van der Waals surface area contributed by atoms with Crippen molar-refractivity contribution in [3.8, 4) is 0 Å². The molecule has 0 aromatic heterocycles. The van der Waals surface area contributed by atoms with E-state index in [-0.39, 0.29) is 19.1 Å². The highest BCUT2D eigenvalue weighted by molar-refractivity contribution is 7.31. The minimum atomic E-state index is -3.05. The predicted octanol–water partition coefficient (Wildman–Crippen LogP) is 1.26. The van der Waals surface area contributed by atoms with Gasteiger partial charge in [-0.15, -0.1) is 0 Å². The van der Waals surface area contributed by atoms with E-state index >= 15 is 0 Å². The van der Waals surface area contributed by atoms with Crippen LogP contribution < -0.4 is 5.32 Å². The fourth-order valence-electron chi connectivity index (χ4n) is 1.31. The van der Waals surface area contributed by atoms with Crippen LogP contribution >= 0.6 is 8.25 Å². The van der Waals surface area contributed by atoms with E-state index < -0.39 is 8.25 Å². The van der Waals surface area contributed by atoms with Gasteiger partial charge in [0.05, 0.1) is 0 Å². The maximum atomic E-state index is 11.3. The van der Waals surface area contributed by atoms with Crippen LogP contribution in [0.3, 0.4) is 0 Å². The number of nitrogens with one attached hydrogen (secondary N) is 1. The summed E-state index contributed by atoms with van der Waals surface area (Å²) in [5.74, 6) is 0.331. The van der Waals surface area contributed by atoms with E-state index in [0.717, 1.165) is 12.8 Å². The zero-order valence-electron chi connectivity index (χ0n) is 9.69. The number of rotatable bonds is 9. The van der Waals surface area contributed by atoms with E-state index in [9.17, 15) is 9.36 Å². The van der Waals surface area contributed by atoms with Gasteiger partial charge in [-0.25, -0.2) is 4.89 Å². The lowest BCUT2D eigenvalue weighted by molar-refractivity contribution is -0.206. The van der Waals surface area contributed by atoms with Crippen molar-refractivity contribution in [1.82, 2.24) is 5.32 Å². The Kier molecular flexibility index (Phi) is 9.52. The summed E-state index contributed by atoms with van der Waals surface area (Å²) < 4.78 is 14.1. The molecule has 0 saturated carbocycles. The normalized spacial score (nSPS) is 14.4. The lowest BCUT2D eigenvalue weighted by Gasteiger charge is -2.09. The summed E-state index contributed by atoms with van der Waals surface area (Å²) in [6.45, 7) is 4.44. The highest BCUT2D eigenvalue weighted by Gasteiger charge is 2.07. The number of hydrogen-bond acceptors (Lipinski definition) is 4. The maximum absolute atomic E-state index is 11.3. The molecular weight excluding hydrogens is 233 g/mol. The van der Waals surface area contributed by atoms with Gasteiger partial charge in [0.25, 0.3) is 0 Å². The van der Waals surface area contributed by atoms with Crippen molar-refractivity contribution < 1.29 is 23.8 Å². The van der Waals surface area contributed by atoms with Gasteiger partial charge in [-0.2, -0.15) is 4.67 Å². The van der Waals surface area contributed by atoms with Crippen LogP contribution in [0.5, 0.6) is 0 Å². The zero-order valence-corrected chi connectivity index (χ0v) is 10.7. The van der Waals surface area contributed by atoms with Crippen LogP contribution in [0.25, 0.3) is 0 Å². The Bertz CT molecular complexity index is 224. The van der Waals surface area contributed by atoms with Crippen LogP contribution in [0.4, 0.5) is 0 Å². The second kappa shape index (κ2) is 9.78. The summed E-state index contributed by atoms with van der Waals surface area (Å²) in [6.07, 6.45) is 2.58. The summed E-state index contributed by atoms with van der Waals surface area (Å²) in [4.78, 5) is 23.9. The molecule has 7 heteroatoms. The Morgan fingerprint density at radius 2 is 2.25 bits per heavy atom. The molecule has 2 atom stereocenters. The average molecular weight is 253 g/mol. The second-order valence-corrected chi connectivity index (χ2v) is 4.32. The highest BCUT2D eigenvalue weighted by Crippen LogP contribution is 2.13. The van der Waals surface area contributed by atoms with Crippen molar-refractivity contribution in [2.45, 2.75) is 33.1 Å². The van der Waals surface area contributed by atoms with Crippen molar-refractivity contribution in [3.63, 3.8) is 0 Å². The Morgan fingerprint density at radius 1 is 1.56 bits per heavy atom. The Morgan fingerprint density at radius 3 is 2.81 bits per heavy atom. The van der Waals surface area contributed by atoms with Crippen molar-refractivity contribution in [3.05, 3.63) is 0 Å². The first-order chi connectivity index (χ1) is 7.56. The predicted molar refractivity (Wildman–Crippen MR) is 60.0 cm³/mol. The van der Waals surface area contributed by atoms with Crippen LogP contribution in [0.15, 0.2) is 0 Å². The molecule has 0 saturated heterocycles. The summed E-state index contributed by atoms with van der Waals surface area (Å²) in [5.41, 5.74) is 0. The van der Waals surface area contributed by atoms with E-state index in [1.54, 1.807) is 0 Å². The summed E-state index contributed by atoms with van der Waals surface area (Å²) >= 11 is 0. The third-order valence-electron chi connectivity index (χ3n) is 1.95. The van der Waals surface area contributed by atoms with Crippen LogP contribution in [-0.4, -0.2) is 24.0 Å². The third-order valence-corrected chi connectivity index (χ3v) is 2.21. The van der Waals surface area contributed by atoms with Gasteiger partial charge in [-0.1, -0.05) is 26.7 Å². The molecule has 0 rings (SSSR count).